The van der Waals surface area contributed by atoms with Gasteiger partial charge < -0.3 is 4.79 Å². The summed E-state index contributed by atoms with van der Waals surface area (Å²) in [6.45, 7) is 0.359. The molecule has 0 fully saturated rings. The van der Waals surface area contributed by atoms with Crippen LogP contribution in [0.2, 0.25) is 0 Å². The molecule has 0 atom stereocenters. The van der Waals surface area contributed by atoms with Gasteiger partial charge >= 0.3 is 0 Å². The third-order valence-corrected chi connectivity index (χ3v) is 1.22. The van der Waals surface area contributed by atoms with Crippen molar-refractivity contribution in [3.63, 3.8) is 0 Å². The zero-order chi connectivity index (χ0) is 7.11. The van der Waals surface area contributed by atoms with Crippen molar-refractivity contribution in [2.24, 2.45) is 0 Å². The maximum atomic E-state index is 9.80. The molecule has 0 heterocycles. The van der Waals surface area contributed by atoms with Crippen LogP contribution in [0.25, 0.3) is 0 Å². The van der Waals surface area contributed by atoms with Gasteiger partial charge in [0.25, 0.3) is 0 Å². The molecule has 5 heteroatoms. The molecule has 4 nitrogen and oxygen atoms in total. The van der Waals surface area contributed by atoms with Gasteiger partial charge in [0.1, 0.15) is 6.29 Å². The Kier molecular flexibility index (Phi) is 5.45. The second-order valence-electron chi connectivity index (χ2n) is 1.47. The Morgan fingerprint density at radius 2 is 2.11 bits per heavy atom. The lowest BCUT2D eigenvalue weighted by Crippen LogP contribution is -2.12. The fourth-order valence-corrected chi connectivity index (χ4v) is 0.696. The number of carbonyl (C=O) groups is 1. The quantitative estimate of drug-likeness (QED) is 0.303. The number of aldehydes is 1. The first-order valence-electron chi connectivity index (χ1n) is 2.59. The van der Waals surface area contributed by atoms with E-state index in [-0.39, 0.29) is 0 Å². The van der Waals surface area contributed by atoms with E-state index in [4.69, 9.17) is 0 Å². The summed E-state index contributed by atoms with van der Waals surface area (Å²) in [5, 5.41) is 0. The highest BCUT2D eigenvalue weighted by molar-refractivity contribution is 7.70. The third kappa shape index (κ3) is 7.58. The van der Waals surface area contributed by atoms with Crippen molar-refractivity contribution in [1.82, 2.24) is 4.72 Å². The van der Waals surface area contributed by atoms with Crippen LogP contribution in [-0.4, -0.2) is 21.2 Å². The van der Waals surface area contributed by atoms with Gasteiger partial charge in [-0.2, -0.15) is 0 Å². The second kappa shape index (κ2) is 5.71. The van der Waals surface area contributed by atoms with E-state index in [1.54, 1.807) is 0 Å². The molecule has 0 bridgehead atoms. The Hall–Kier alpha value is -0.420. The van der Waals surface area contributed by atoms with Crippen LogP contribution in [0.3, 0.4) is 0 Å². The molecule has 0 amide bonds. The van der Waals surface area contributed by atoms with Crippen LogP contribution in [0, 0.1) is 0 Å². The highest BCUT2D eigenvalue weighted by atomic mass is 32.2. The van der Waals surface area contributed by atoms with Crippen molar-refractivity contribution < 1.29 is 13.2 Å². The fraction of sp³-hybridized carbons (Fsp3) is 0.750. The van der Waals surface area contributed by atoms with Crippen molar-refractivity contribution in [2.45, 2.75) is 12.8 Å². The van der Waals surface area contributed by atoms with Gasteiger partial charge in [0.05, 0.1) is 0 Å². The van der Waals surface area contributed by atoms with Crippen LogP contribution in [0.4, 0.5) is 0 Å². The SMILES string of the molecule is O=CCCCN[SH](=O)=O. The highest BCUT2D eigenvalue weighted by Crippen LogP contribution is 1.78. The number of hydrogen-bond acceptors (Lipinski definition) is 3. The minimum atomic E-state index is -2.48. The Labute approximate surface area is 55.3 Å². The molecule has 1 N–H and O–H groups in total. The average Bonchev–Trinajstić information content (AvgIpc) is 1.80. The molecule has 54 valence electrons. The van der Waals surface area contributed by atoms with Crippen LogP contribution in [-0.2, 0) is 15.7 Å². The summed E-state index contributed by atoms with van der Waals surface area (Å²) in [7, 11) is -2.48. The van der Waals surface area contributed by atoms with Crippen molar-refractivity contribution in [2.75, 3.05) is 6.54 Å². The zero-order valence-electron chi connectivity index (χ0n) is 4.87. The minimum Gasteiger partial charge on any atom is -0.303 e. The predicted octanol–water partition coefficient (Wildman–Crippen LogP) is -0.919. The molecule has 0 aliphatic carbocycles. The van der Waals surface area contributed by atoms with Gasteiger partial charge in [0, 0.05) is 13.0 Å². The molecule has 0 aromatic carbocycles. The number of carbonyl (C=O) groups excluding carboxylic acids is 1. The standard InChI is InChI=1S/C4H9NO3S/c6-4-2-1-3-5-9(7)8/h4,9H,1-3H2,(H,5,7,8). The number of thiol groups is 1. The molecule has 0 saturated carbocycles. The Morgan fingerprint density at radius 1 is 1.44 bits per heavy atom. The van der Waals surface area contributed by atoms with E-state index in [1.807, 2.05) is 0 Å². The molecule has 0 aliphatic rings. The van der Waals surface area contributed by atoms with Crippen LogP contribution >= 0.6 is 0 Å². The van der Waals surface area contributed by atoms with E-state index < -0.39 is 10.9 Å². The molecular formula is C4H9NO3S. The summed E-state index contributed by atoms with van der Waals surface area (Å²) >= 11 is 0. The second-order valence-corrected chi connectivity index (χ2v) is 2.30. The van der Waals surface area contributed by atoms with Crippen molar-refractivity contribution in [3.05, 3.63) is 0 Å². The Bertz CT molecular complexity index is 135. The summed E-state index contributed by atoms with van der Waals surface area (Å²) in [5.74, 6) is 0. The minimum absolute atomic E-state index is 0.359. The van der Waals surface area contributed by atoms with E-state index in [0.29, 0.717) is 19.4 Å². The van der Waals surface area contributed by atoms with Gasteiger partial charge in [-0.1, -0.05) is 0 Å². The van der Waals surface area contributed by atoms with Crippen molar-refractivity contribution in [3.8, 4) is 0 Å². The molecule has 0 rings (SSSR count). The van der Waals surface area contributed by atoms with E-state index >= 15 is 0 Å². The topological polar surface area (TPSA) is 63.2 Å². The largest absolute Gasteiger partial charge is 0.303 e. The molecule has 0 aromatic heterocycles. The summed E-state index contributed by atoms with van der Waals surface area (Å²) in [6, 6.07) is 0. The van der Waals surface area contributed by atoms with E-state index in [9.17, 15) is 13.2 Å². The van der Waals surface area contributed by atoms with Crippen LogP contribution in [0.5, 0.6) is 0 Å². The molecule has 0 unspecified atom stereocenters. The van der Waals surface area contributed by atoms with Crippen molar-refractivity contribution in [1.29, 1.82) is 0 Å². The van der Waals surface area contributed by atoms with E-state index in [0.717, 1.165) is 6.29 Å². The molecule has 0 aromatic rings. The summed E-state index contributed by atoms with van der Waals surface area (Å²) in [4.78, 5) is 9.67. The first-order valence-corrected chi connectivity index (χ1v) is 3.76. The maximum Gasteiger partial charge on any atom is 0.201 e. The highest BCUT2D eigenvalue weighted by Gasteiger charge is 1.84. The molecule has 0 radical (unpaired) electrons. The van der Waals surface area contributed by atoms with Gasteiger partial charge in [-0.25, -0.2) is 13.1 Å². The number of rotatable bonds is 5. The third-order valence-electron chi connectivity index (χ3n) is 0.740. The van der Waals surface area contributed by atoms with E-state index in [1.165, 1.54) is 0 Å². The lowest BCUT2D eigenvalue weighted by molar-refractivity contribution is -0.107. The predicted molar refractivity (Wildman–Crippen MR) is 33.6 cm³/mol. The average molecular weight is 151 g/mol. The molecule has 0 spiro atoms. The summed E-state index contributed by atoms with van der Waals surface area (Å²) < 4.78 is 21.8. The number of nitrogens with one attached hydrogen (secondary N) is 1. The van der Waals surface area contributed by atoms with Crippen molar-refractivity contribution >= 4 is 17.2 Å². The lowest BCUT2D eigenvalue weighted by atomic mass is 10.3. The first kappa shape index (κ1) is 8.58. The smallest absolute Gasteiger partial charge is 0.201 e. The van der Waals surface area contributed by atoms with Crippen LogP contribution in [0.1, 0.15) is 12.8 Å². The molecular weight excluding hydrogens is 142 g/mol. The van der Waals surface area contributed by atoms with Crippen LogP contribution in [0.15, 0.2) is 0 Å². The maximum absolute atomic E-state index is 9.80. The van der Waals surface area contributed by atoms with Gasteiger partial charge in [-0.15, -0.1) is 0 Å². The molecule has 9 heavy (non-hydrogen) atoms. The summed E-state index contributed by atoms with van der Waals surface area (Å²) in [6.07, 6.45) is 1.75. The number of hydrogen-bond donors (Lipinski definition) is 2. The summed E-state index contributed by atoms with van der Waals surface area (Å²) in [5.41, 5.74) is 0. The van der Waals surface area contributed by atoms with E-state index in [2.05, 4.69) is 4.72 Å². The number of unbranched alkanes of at least 4 members (excludes halogenated alkanes) is 1. The Morgan fingerprint density at radius 3 is 2.56 bits per heavy atom. The van der Waals surface area contributed by atoms with Gasteiger partial charge in [0.15, 0.2) is 0 Å². The van der Waals surface area contributed by atoms with Gasteiger partial charge in [0.2, 0.25) is 10.9 Å². The van der Waals surface area contributed by atoms with Gasteiger partial charge in [-0.05, 0) is 6.42 Å². The lowest BCUT2D eigenvalue weighted by Gasteiger charge is -1.89. The van der Waals surface area contributed by atoms with Crippen LogP contribution < -0.4 is 4.72 Å². The molecule has 0 saturated heterocycles. The zero-order valence-corrected chi connectivity index (χ0v) is 5.77. The normalized spacial score (nSPS) is 9.89. The first-order chi connectivity index (χ1) is 4.27. The molecule has 0 aliphatic heterocycles. The Balaban J connectivity index is 3.00. The van der Waals surface area contributed by atoms with Gasteiger partial charge in [-0.3, -0.25) is 0 Å². The monoisotopic (exact) mass is 151 g/mol. The fourth-order valence-electron chi connectivity index (χ4n) is 0.356.